The van der Waals surface area contributed by atoms with Crippen molar-refractivity contribution in [1.29, 1.82) is 0 Å². The molecule has 2 N–H and O–H groups in total. The molecule has 4 heteroatoms. The predicted molar refractivity (Wildman–Crippen MR) is 81.9 cm³/mol. The Bertz CT molecular complexity index is 278. The molecule has 4 nitrogen and oxygen atoms in total. The summed E-state index contributed by atoms with van der Waals surface area (Å²) < 4.78 is 5.69. The number of hydrogen-bond acceptors (Lipinski definition) is 4. The highest BCUT2D eigenvalue weighted by Gasteiger charge is 2.40. The molecule has 0 amide bonds. The molecule has 0 bridgehead atoms. The summed E-state index contributed by atoms with van der Waals surface area (Å²) in [6.45, 7) is 4.20. The molecule has 0 aliphatic heterocycles. The van der Waals surface area contributed by atoms with Gasteiger partial charge in [-0.15, -0.1) is 0 Å². The first-order chi connectivity index (χ1) is 9.70. The average molecular weight is 284 g/mol. The Morgan fingerprint density at radius 3 is 2.75 bits per heavy atom. The zero-order valence-corrected chi connectivity index (χ0v) is 13.2. The molecule has 2 saturated carbocycles. The van der Waals surface area contributed by atoms with Gasteiger partial charge in [0.15, 0.2) is 0 Å². The summed E-state index contributed by atoms with van der Waals surface area (Å²) in [7, 11) is 4.17. The minimum atomic E-state index is -0.0245. The first-order valence-electron chi connectivity index (χ1n) is 8.26. The number of hydrogen-bond donors (Lipinski definition) is 2. The fraction of sp³-hybridized carbons (Fsp3) is 1.00. The van der Waals surface area contributed by atoms with Crippen LogP contribution in [-0.4, -0.2) is 62.6 Å². The second-order valence-electron chi connectivity index (χ2n) is 6.76. The van der Waals surface area contributed by atoms with Crippen molar-refractivity contribution in [3.05, 3.63) is 0 Å². The molecule has 0 saturated heterocycles. The van der Waals surface area contributed by atoms with Gasteiger partial charge in [-0.25, -0.2) is 0 Å². The Morgan fingerprint density at radius 2 is 2.10 bits per heavy atom. The van der Waals surface area contributed by atoms with Crippen LogP contribution in [-0.2, 0) is 4.74 Å². The van der Waals surface area contributed by atoms with Crippen LogP contribution < -0.4 is 5.32 Å². The Hall–Kier alpha value is -0.160. The van der Waals surface area contributed by atoms with Gasteiger partial charge in [-0.3, -0.25) is 0 Å². The Labute approximate surface area is 123 Å². The first-order valence-corrected chi connectivity index (χ1v) is 8.26. The van der Waals surface area contributed by atoms with Crippen LogP contribution in [0.15, 0.2) is 0 Å². The third-order valence-electron chi connectivity index (χ3n) is 5.26. The van der Waals surface area contributed by atoms with Gasteiger partial charge < -0.3 is 20.1 Å². The van der Waals surface area contributed by atoms with Gasteiger partial charge in [0.25, 0.3) is 0 Å². The van der Waals surface area contributed by atoms with Gasteiger partial charge in [-0.05, 0) is 64.6 Å². The zero-order valence-electron chi connectivity index (χ0n) is 13.2. The fourth-order valence-corrected chi connectivity index (χ4v) is 3.42. The number of nitrogens with zero attached hydrogens (tertiary/aromatic N) is 1. The summed E-state index contributed by atoms with van der Waals surface area (Å²) in [5.74, 6) is 1.46. The molecule has 2 atom stereocenters. The lowest BCUT2D eigenvalue weighted by Gasteiger charge is -2.34. The van der Waals surface area contributed by atoms with Gasteiger partial charge in [0.05, 0.1) is 13.2 Å². The largest absolute Gasteiger partial charge is 0.394 e. The zero-order chi connectivity index (χ0) is 14.4. The van der Waals surface area contributed by atoms with Gasteiger partial charge in [-0.2, -0.15) is 0 Å². The quantitative estimate of drug-likeness (QED) is 0.597. The minimum Gasteiger partial charge on any atom is -0.394 e. The van der Waals surface area contributed by atoms with E-state index in [0.29, 0.717) is 5.92 Å². The summed E-state index contributed by atoms with van der Waals surface area (Å²) in [6.07, 6.45) is 7.49. The van der Waals surface area contributed by atoms with Crippen molar-refractivity contribution >= 4 is 0 Å². The SMILES string of the molecule is CNC1(CO)CCCC1CCN(C)CCOCC1CC1. The van der Waals surface area contributed by atoms with E-state index in [4.69, 9.17) is 4.74 Å². The van der Waals surface area contributed by atoms with Gasteiger partial charge >= 0.3 is 0 Å². The van der Waals surface area contributed by atoms with Crippen LogP contribution in [0.1, 0.15) is 38.5 Å². The van der Waals surface area contributed by atoms with Crippen LogP contribution in [0.2, 0.25) is 0 Å². The third kappa shape index (κ3) is 4.42. The van der Waals surface area contributed by atoms with Crippen LogP contribution in [0.5, 0.6) is 0 Å². The topological polar surface area (TPSA) is 44.7 Å². The molecule has 2 aliphatic carbocycles. The summed E-state index contributed by atoms with van der Waals surface area (Å²) >= 11 is 0. The predicted octanol–water partition coefficient (Wildman–Crippen LogP) is 1.49. The second kappa shape index (κ2) is 7.74. The van der Waals surface area contributed by atoms with Gasteiger partial charge in [0.2, 0.25) is 0 Å². The van der Waals surface area contributed by atoms with Crippen LogP contribution in [0, 0.1) is 11.8 Å². The van der Waals surface area contributed by atoms with E-state index in [-0.39, 0.29) is 12.1 Å². The molecule has 118 valence electrons. The molecule has 0 radical (unpaired) electrons. The Kier molecular flexibility index (Phi) is 6.27. The summed E-state index contributed by atoms with van der Waals surface area (Å²) in [6, 6.07) is 0. The molecule has 0 heterocycles. The van der Waals surface area contributed by atoms with Crippen molar-refractivity contribution in [2.75, 3.05) is 47.0 Å². The van der Waals surface area contributed by atoms with Crippen molar-refractivity contribution in [2.45, 2.75) is 44.1 Å². The van der Waals surface area contributed by atoms with E-state index in [2.05, 4.69) is 17.3 Å². The number of rotatable bonds is 10. The van der Waals surface area contributed by atoms with E-state index in [1.165, 1.54) is 32.1 Å². The molecule has 2 aliphatic rings. The molecule has 0 aromatic heterocycles. The molecule has 0 spiro atoms. The average Bonchev–Trinajstić information content (AvgIpc) is 3.20. The van der Waals surface area contributed by atoms with Crippen molar-refractivity contribution in [3.63, 3.8) is 0 Å². The van der Waals surface area contributed by atoms with E-state index in [9.17, 15) is 5.11 Å². The minimum absolute atomic E-state index is 0.0245. The van der Waals surface area contributed by atoms with Crippen molar-refractivity contribution in [2.24, 2.45) is 11.8 Å². The standard InChI is InChI=1S/C16H32N2O2/c1-17-16(13-19)8-3-4-15(16)7-9-18(2)10-11-20-12-14-5-6-14/h14-15,17,19H,3-13H2,1-2H3. The number of likely N-dealkylation sites (N-methyl/N-ethyl adjacent to an activating group) is 2. The molecule has 2 rings (SSSR count). The fourth-order valence-electron chi connectivity index (χ4n) is 3.42. The highest BCUT2D eigenvalue weighted by atomic mass is 16.5. The maximum atomic E-state index is 9.69. The van der Waals surface area contributed by atoms with Crippen molar-refractivity contribution in [3.8, 4) is 0 Å². The smallest absolute Gasteiger partial charge is 0.0615 e. The maximum Gasteiger partial charge on any atom is 0.0615 e. The number of aliphatic hydroxyl groups is 1. The first kappa shape index (κ1) is 16.2. The van der Waals surface area contributed by atoms with Crippen molar-refractivity contribution in [1.82, 2.24) is 10.2 Å². The monoisotopic (exact) mass is 284 g/mol. The van der Waals surface area contributed by atoms with Gasteiger partial charge in [-0.1, -0.05) is 6.42 Å². The lowest BCUT2D eigenvalue weighted by atomic mass is 9.85. The third-order valence-corrected chi connectivity index (χ3v) is 5.26. The van der Waals surface area contributed by atoms with Crippen LogP contribution in [0.4, 0.5) is 0 Å². The van der Waals surface area contributed by atoms with Crippen LogP contribution >= 0.6 is 0 Å². The van der Waals surface area contributed by atoms with Gasteiger partial charge in [0, 0.05) is 18.7 Å². The van der Waals surface area contributed by atoms with E-state index in [1.54, 1.807) is 0 Å². The second-order valence-corrected chi connectivity index (χ2v) is 6.76. The molecule has 0 aromatic carbocycles. The number of ether oxygens (including phenoxy) is 1. The van der Waals surface area contributed by atoms with Gasteiger partial charge in [0.1, 0.15) is 0 Å². The molecule has 0 aromatic rings. The maximum absolute atomic E-state index is 9.69. The Morgan fingerprint density at radius 1 is 1.30 bits per heavy atom. The highest BCUT2D eigenvalue weighted by Crippen LogP contribution is 2.37. The summed E-state index contributed by atoms with van der Waals surface area (Å²) in [4.78, 5) is 2.36. The van der Waals surface area contributed by atoms with E-state index >= 15 is 0 Å². The molecule has 2 fully saturated rings. The van der Waals surface area contributed by atoms with E-state index in [1.807, 2.05) is 7.05 Å². The van der Waals surface area contributed by atoms with E-state index < -0.39 is 0 Å². The highest BCUT2D eigenvalue weighted by molar-refractivity contribution is 4.98. The number of aliphatic hydroxyl groups excluding tert-OH is 1. The Balaban J connectivity index is 1.60. The lowest BCUT2D eigenvalue weighted by molar-refractivity contribution is 0.0940. The normalized spacial score (nSPS) is 30.3. The lowest BCUT2D eigenvalue weighted by Crippen LogP contribution is -2.50. The molecular formula is C16H32N2O2. The molecule has 20 heavy (non-hydrogen) atoms. The summed E-state index contributed by atoms with van der Waals surface area (Å²) in [5, 5.41) is 13.1. The van der Waals surface area contributed by atoms with Crippen LogP contribution in [0.25, 0.3) is 0 Å². The molecule has 2 unspecified atom stereocenters. The van der Waals surface area contributed by atoms with Crippen molar-refractivity contribution < 1.29 is 9.84 Å². The number of nitrogens with one attached hydrogen (secondary N) is 1. The summed E-state index contributed by atoms with van der Waals surface area (Å²) in [5.41, 5.74) is -0.0245. The van der Waals surface area contributed by atoms with E-state index in [0.717, 1.165) is 38.6 Å². The molecular weight excluding hydrogens is 252 g/mol. The van der Waals surface area contributed by atoms with Crippen LogP contribution in [0.3, 0.4) is 0 Å².